The third-order valence-corrected chi connectivity index (χ3v) is 3.18. The summed E-state index contributed by atoms with van der Waals surface area (Å²) in [5.74, 6) is 6.28. The molecule has 23 heavy (non-hydrogen) atoms. The van der Waals surface area contributed by atoms with Crippen molar-refractivity contribution in [2.45, 2.75) is 13.8 Å². The Morgan fingerprint density at radius 2 is 2.17 bits per heavy atom. The first-order valence-electron chi connectivity index (χ1n) is 7.66. The first-order chi connectivity index (χ1) is 11.2. The molecular weight excluding hydrogens is 286 g/mol. The highest BCUT2D eigenvalue weighted by molar-refractivity contribution is 5.85. The Morgan fingerprint density at radius 1 is 1.39 bits per heavy atom. The van der Waals surface area contributed by atoms with Crippen molar-refractivity contribution in [2.24, 2.45) is 4.99 Å². The van der Waals surface area contributed by atoms with Crippen molar-refractivity contribution < 1.29 is 4.79 Å². The van der Waals surface area contributed by atoms with Crippen LogP contribution >= 0.6 is 0 Å². The van der Waals surface area contributed by atoms with Crippen molar-refractivity contribution in [3.63, 3.8) is 0 Å². The van der Waals surface area contributed by atoms with Gasteiger partial charge in [-0.05, 0) is 37.4 Å². The monoisotopic (exact) mass is 309 g/mol. The van der Waals surface area contributed by atoms with Gasteiger partial charge in [-0.15, -0.1) is 0 Å². The molecule has 0 aliphatic rings. The predicted molar refractivity (Wildman–Crippen MR) is 96.7 cm³/mol. The first kappa shape index (κ1) is 18.5. The fraction of sp³-hybridized carbons (Fsp3) is 0.316. The summed E-state index contributed by atoms with van der Waals surface area (Å²) in [6, 6.07) is 3.41. The van der Waals surface area contributed by atoms with Crippen molar-refractivity contribution >= 4 is 18.6 Å². The summed E-state index contributed by atoms with van der Waals surface area (Å²) in [6.45, 7) is 6.97. The molecule has 120 valence electrons. The second-order valence-corrected chi connectivity index (χ2v) is 4.76. The molecule has 4 heteroatoms. The Balaban J connectivity index is 2.80. The topological polar surface area (TPSA) is 45.6 Å². The maximum absolute atomic E-state index is 10.7. The highest BCUT2D eigenvalue weighted by Gasteiger charge is 1.94. The Labute approximate surface area is 138 Å². The number of aromatic nitrogens is 1. The number of carbonyl (C=O) groups is 1. The van der Waals surface area contributed by atoms with E-state index in [0.717, 1.165) is 37.2 Å². The average Bonchev–Trinajstić information content (AvgIpc) is 2.59. The van der Waals surface area contributed by atoms with Crippen molar-refractivity contribution in [1.29, 1.82) is 0 Å². The first-order valence-corrected chi connectivity index (χ1v) is 7.66. The van der Waals surface area contributed by atoms with Crippen molar-refractivity contribution in [1.82, 2.24) is 9.88 Å². The van der Waals surface area contributed by atoms with E-state index < -0.39 is 0 Å². The van der Waals surface area contributed by atoms with Gasteiger partial charge in [0.1, 0.15) is 6.29 Å². The molecule has 0 radical (unpaired) electrons. The lowest BCUT2D eigenvalue weighted by Gasteiger charge is -2.13. The highest BCUT2D eigenvalue weighted by atomic mass is 16.1. The van der Waals surface area contributed by atoms with Gasteiger partial charge in [-0.2, -0.15) is 0 Å². The molecule has 4 nitrogen and oxygen atoms in total. The van der Waals surface area contributed by atoms with Crippen LogP contribution in [0.3, 0.4) is 0 Å². The number of hydrogen-bond acceptors (Lipinski definition) is 4. The molecule has 0 spiro atoms. The number of allylic oxidation sites excluding steroid dienone is 3. The van der Waals surface area contributed by atoms with Gasteiger partial charge < -0.3 is 0 Å². The van der Waals surface area contributed by atoms with Gasteiger partial charge in [-0.25, -0.2) is 0 Å². The predicted octanol–water partition coefficient (Wildman–Crippen LogP) is 2.88. The maximum Gasteiger partial charge on any atom is 0.150 e. The number of carbonyl (C=O) groups excluding carboxylic acids is 1. The minimum absolute atomic E-state index is 0.609. The Morgan fingerprint density at radius 3 is 2.83 bits per heavy atom. The van der Waals surface area contributed by atoms with Crippen LogP contribution in [0.2, 0.25) is 0 Å². The van der Waals surface area contributed by atoms with Crippen LogP contribution in [0.4, 0.5) is 0 Å². The molecule has 0 saturated heterocycles. The molecule has 0 bridgehead atoms. The van der Waals surface area contributed by atoms with E-state index in [2.05, 4.69) is 40.6 Å². The van der Waals surface area contributed by atoms with Gasteiger partial charge in [-0.1, -0.05) is 31.8 Å². The molecule has 0 aromatic carbocycles. The molecule has 0 unspecified atom stereocenters. The molecule has 0 N–H and O–H groups in total. The normalized spacial score (nSPS) is 11.9. The summed E-state index contributed by atoms with van der Waals surface area (Å²) in [7, 11) is 1.72. The van der Waals surface area contributed by atoms with Crippen LogP contribution in [-0.2, 0) is 0 Å². The molecule has 0 fully saturated rings. The van der Waals surface area contributed by atoms with E-state index in [-0.39, 0.29) is 0 Å². The lowest BCUT2D eigenvalue weighted by atomic mass is 10.2. The van der Waals surface area contributed by atoms with Gasteiger partial charge in [0.25, 0.3) is 0 Å². The summed E-state index contributed by atoms with van der Waals surface area (Å²) in [5, 5.41) is 0. The Bertz CT molecular complexity index is 644. The number of aldehydes is 1. The second kappa shape index (κ2) is 11.1. The number of pyridine rings is 1. The molecular formula is C19H23N3O. The van der Waals surface area contributed by atoms with E-state index >= 15 is 0 Å². The molecule has 1 aromatic heterocycles. The maximum atomic E-state index is 10.7. The molecule has 1 heterocycles. The SMILES string of the molecule is CCN(CC)CC#CC(/C=N\C)=C/C=C/c1cc(C=O)ccn1. The van der Waals surface area contributed by atoms with E-state index in [1.165, 1.54) is 0 Å². The van der Waals surface area contributed by atoms with Crippen LogP contribution in [0.25, 0.3) is 6.08 Å². The lowest BCUT2D eigenvalue weighted by molar-refractivity contribution is 0.112. The third kappa shape index (κ3) is 7.35. The van der Waals surface area contributed by atoms with Crippen molar-refractivity contribution in [3.8, 4) is 11.8 Å². The summed E-state index contributed by atoms with van der Waals surface area (Å²) in [4.78, 5) is 21.2. The second-order valence-electron chi connectivity index (χ2n) is 4.76. The number of rotatable bonds is 7. The van der Waals surface area contributed by atoms with Crippen LogP contribution in [0.15, 0.2) is 41.0 Å². The zero-order valence-corrected chi connectivity index (χ0v) is 14.0. The van der Waals surface area contributed by atoms with Crippen LogP contribution in [0.5, 0.6) is 0 Å². The fourth-order valence-electron chi connectivity index (χ4n) is 1.84. The van der Waals surface area contributed by atoms with Crippen molar-refractivity contribution in [2.75, 3.05) is 26.7 Å². The number of nitrogens with zero attached hydrogens (tertiary/aromatic N) is 3. The van der Waals surface area contributed by atoms with Crippen molar-refractivity contribution in [3.05, 3.63) is 47.3 Å². The summed E-state index contributed by atoms with van der Waals surface area (Å²) in [6.07, 6.45) is 9.74. The minimum atomic E-state index is 0.609. The van der Waals surface area contributed by atoms with Crippen LogP contribution in [-0.4, -0.2) is 49.1 Å². The van der Waals surface area contributed by atoms with Gasteiger partial charge in [0.05, 0.1) is 12.2 Å². The van der Waals surface area contributed by atoms with Gasteiger partial charge >= 0.3 is 0 Å². The zero-order chi connectivity index (χ0) is 16.9. The van der Waals surface area contributed by atoms with Gasteiger partial charge in [0.15, 0.2) is 0 Å². The van der Waals surface area contributed by atoms with E-state index in [1.54, 1.807) is 31.6 Å². The molecule has 0 aliphatic heterocycles. The van der Waals surface area contributed by atoms with E-state index in [0.29, 0.717) is 5.56 Å². The fourth-order valence-corrected chi connectivity index (χ4v) is 1.84. The molecule has 1 aromatic rings. The minimum Gasteiger partial charge on any atom is -0.298 e. The van der Waals surface area contributed by atoms with Gasteiger partial charge in [-0.3, -0.25) is 19.7 Å². The highest BCUT2D eigenvalue weighted by Crippen LogP contribution is 2.02. The summed E-state index contributed by atoms with van der Waals surface area (Å²) in [5.41, 5.74) is 2.18. The van der Waals surface area contributed by atoms with Gasteiger partial charge in [0, 0.05) is 30.6 Å². The Hall–Kier alpha value is -2.51. The quantitative estimate of drug-likeness (QED) is 0.337. The molecule has 0 atom stereocenters. The largest absolute Gasteiger partial charge is 0.298 e. The van der Waals surface area contributed by atoms with Crippen LogP contribution < -0.4 is 0 Å². The lowest BCUT2D eigenvalue weighted by Crippen LogP contribution is -2.22. The molecule has 0 aliphatic carbocycles. The van der Waals surface area contributed by atoms with E-state index in [4.69, 9.17) is 0 Å². The molecule has 1 rings (SSSR count). The molecule has 0 saturated carbocycles. The van der Waals surface area contributed by atoms with Crippen LogP contribution in [0.1, 0.15) is 29.9 Å². The standard InChI is InChI=1S/C19H23N3O/c1-4-22(5-2)13-7-9-17(15-20-3)8-6-10-19-14-18(16-23)11-12-21-19/h6,8,10-12,14-16H,4-5,13H2,1-3H3/b10-6+,17-8-,20-15-. The summed E-state index contributed by atoms with van der Waals surface area (Å²) >= 11 is 0. The van der Waals surface area contributed by atoms with Crippen LogP contribution in [0, 0.1) is 11.8 Å². The average molecular weight is 309 g/mol. The zero-order valence-electron chi connectivity index (χ0n) is 14.0. The Kier molecular flexibility index (Phi) is 8.95. The van der Waals surface area contributed by atoms with Gasteiger partial charge in [0.2, 0.25) is 0 Å². The van der Waals surface area contributed by atoms with E-state index in [1.807, 2.05) is 18.2 Å². The third-order valence-electron chi connectivity index (χ3n) is 3.18. The molecule has 0 amide bonds. The smallest absolute Gasteiger partial charge is 0.150 e. The number of aliphatic imine (C=N–C) groups is 1. The number of hydrogen-bond donors (Lipinski definition) is 0. The van der Waals surface area contributed by atoms with E-state index in [9.17, 15) is 4.79 Å². The summed E-state index contributed by atoms with van der Waals surface area (Å²) < 4.78 is 0.